The third kappa shape index (κ3) is 4.53. The summed E-state index contributed by atoms with van der Waals surface area (Å²) in [6.45, 7) is 2.63. The van der Waals surface area contributed by atoms with Gasteiger partial charge in [-0.2, -0.15) is 5.10 Å². The Kier molecular flexibility index (Phi) is 5.70. The van der Waals surface area contributed by atoms with Crippen LogP contribution in [0.2, 0.25) is 0 Å². The Morgan fingerprint density at radius 1 is 1.35 bits per heavy atom. The Morgan fingerprint density at radius 3 is 2.65 bits per heavy atom. The Bertz CT molecular complexity index is 683. The van der Waals surface area contributed by atoms with Crippen LogP contribution >= 0.6 is 12.2 Å². The van der Waals surface area contributed by atoms with Crippen molar-refractivity contribution in [2.24, 2.45) is 0 Å². The van der Waals surface area contributed by atoms with Crippen molar-refractivity contribution >= 4 is 29.1 Å². The van der Waals surface area contributed by atoms with Crippen LogP contribution < -0.4 is 5.32 Å². The first kappa shape index (κ1) is 17.0. The van der Waals surface area contributed by atoms with Gasteiger partial charge in [0, 0.05) is 20.3 Å². The second kappa shape index (κ2) is 7.73. The van der Waals surface area contributed by atoms with Gasteiger partial charge in [-0.05, 0) is 24.7 Å². The van der Waals surface area contributed by atoms with Gasteiger partial charge in [-0.15, -0.1) is 0 Å². The number of esters is 1. The molecule has 0 spiro atoms. The molecule has 122 valence electrons. The SMILES string of the molecule is CCOC(=O)c1cn(Cc2ccccc2)nc1NC(=S)N(C)C. The molecule has 0 bridgehead atoms. The monoisotopic (exact) mass is 332 g/mol. The summed E-state index contributed by atoms with van der Waals surface area (Å²) in [4.78, 5) is 13.8. The highest BCUT2D eigenvalue weighted by Crippen LogP contribution is 2.16. The van der Waals surface area contributed by atoms with Gasteiger partial charge in [-0.3, -0.25) is 4.68 Å². The van der Waals surface area contributed by atoms with E-state index in [2.05, 4.69) is 10.4 Å². The summed E-state index contributed by atoms with van der Waals surface area (Å²) in [5.41, 5.74) is 1.46. The van der Waals surface area contributed by atoms with Crippen LogP contribution in [0.3, 0.4) is 0 Å². The van der Waals surface area contributed by atoms with E-state index in [-0.39, 0.29) is 0 Å². The average molecular weight is 332 g/mol. The average Bonchev–Trinajstić information content (AvgIpc) is 2.91. The van der Waals surface area contributed by atoms with Crippen LogP contribution in [0.25, 0.3) is 0 Å². The molecule has 0 atom stereocenters. The van der Waals surface area contributed by atoms with Crippen molar-refractivity contribution in [1.82, 2.24) is 14.7 Å². The van der Waals surface area contributed by atoms with E-state index in [1.807, 2.05) is 44.4 Å². The molecule has 0 aliphatic rings. The van der Waals surface area contributed by atoms with Gasteiger partial charge in [0.25, 0.3) is 0 Å². The van der Waals surface area contributed by atoms with Gasteiger partial charge in [-0.1, -0.05) is 30.3 Å². The lowest BCUT2D eigenvalue weighted by molar-refractivity contribution is 0.0527. The summed E-state index contributed by atoms with van der Waals surface area (Å²) in [5, 5.41) is 7.87. The van der Waals surface area contributed by atoms with E-state index in [1.165, 1.54) is 0 Å². The summed E-state index contributed by atoms with van der Waals surface area (Å²) in [6, 6.07) is 9.89. The highest BCUT2D eigenvalue weighted by molar-refractivity contribution is 7.80. The maximum absolute atomic E-state index is 12.1. The lowest BCUT2D eigenvalue weighted by Crippen LogP contribution is -2.28. The van der Waals surface area contributed by atoms with Crippen molar-refractivity contribution in [3.8, 4) is 0 Å². The summed E-state index contributed by atoms with van der Waals surface area (Å²) in [6.07, 6.45) is 1.67. The van der Waals surface area contributed by atoms with Crippen LogP contribution in [-0.4, -0.2) is 46.5 Å². The standard InChI is InChI=1S/C16H20N4O2S/c1-4-22-15(21)13-11-20(10-12-8-6-5-7-9-12)18-14(13)17-16(23)19(2)3/h5-9,11H,4,10H2,1-3H3,(H,17,18,23). The van der Waals surface area contributed by atoms with E-state index >= 15 is 0 Å². The number of aromatic nitrogens is 2. The number of nitrogens with one attached hydrogen (secondary N) is 1. The summed E-state index contributed by atoms with van der Waals surface area (Å²) < 4.78 is 6.78. The minimum absolute atomic E-state index is 0.306. The smallest absolute Gasteiger partial charge is 0.343 e. The quantitative estimate of drug-likeness (QED) is 0.670. The number of thiocarbonyl (C=S) groups is 1. The number of ether oxygens (including phenoxy) is 1. The molecule has 0 unspecified atom stereocenters. The molecule has 1 aromatic carbocycles. The van der Waals surface area contributed by atoms with Gasteiger partial charge in [0.1, 0.15) is 5.56 Å². The van der Waals surface area contributed by atoms with Gasteiger partial charge in [-0.25, -0.2) is 4.79 Å². The van der Waals surface area contributed by atoms with Crippen molar-refractivity contribution in [3.05, 3.63) is 47.7 Å². The number of carbonyl (C=O) groups excluding carboxylic acids is 1. The molecule has 23 heavy (non-hydrogen) atoms. The van der Waals surface area contributed by atoms with Crippen molar-refractivity contribution in [1.29, 1.82) is 0 Å². The van der Waals surface area contributed by atoms with Crippen molar-refractivity contribution < 1.29 is 9.53 Å². The fraction of sp³-hybridized carbons (Fsp3) is 0.312. The molecular weight excluding hydrogens is 312 g/mol. The zero-order chi connectivity index (χ0) is 16.8. The second-order valence-electron chi connectivity index (χ2n) is 5.12. The van der Waals surface area contributed by atoms with Crippen molar-refractivity contribution in [2.45, 2.75) is 13.5 Å². The largest absolute Gasteiger partial charge is 0.462 e. The predicted octanol–water partition coefficient (Wildman–Crippen LogP) is 2.37. The van der Waals surface area contributed by atoms with Gasteiger partial charge >= 0.3 is 5.97 Å². The molecule has 1 heterocycles. The zero-order valence-corrected chi connectivity index (χ0v) is 14.3. The topological polar surface area (TPSA) is 59.4 Å². The molecule has 0 saturated heterocycles. The molecule has 2 aromatic rings. The minimum Gasteiger partial charge on any atom is -0.462 e. The van der Waals surface area contributed by atoms with Crippen LogP contribution in [0.4, 0.5) is 5.82 Å². The maximum Gasteiger partial charge on any atom is 0.343 e. The Labute approximate surface area is 141 Å². The number of nitrogens with zero attached hydrogens (tertiary/aromatic N) is 3. The molecule has 7 heteroatoms. The fourth-order valence-corrected chi connectivity index (χ4v) is 2.03. The van der Waals surface area contributed by atoms with E-state index < -0.39 is 5.97 Å². The molecule has 0 fully saturated rings. The molecule has 1 N–H and O–H groups in total. The number of rotatable bonds is 5. The van der Waals surface area contributed by atoms with E-state index in [1.54, 1.807) is 22.7 Å². The first-order chi connectivity index (χ1) is 11.0. The van der Waals surface area contributed by atoms with Gasteiger partial charge < -0.3 is 15.0 Å². The first-order valence-corrected chi connectivity index (χ1v) is 7.69. The summed E-state index contributed by atoms with van der Waals surface area (Å²) in [5.74, 6) is -0.0195. The van der Waals surface area contributed by atoms with Gasteiger partial charge in [0.15, 0.2) is 10.9 Å². The van der Waals surface area contributed by atoms with E-state index in [0.29, 0.717) is 29.6 Å². The highest BCUT2D eigenvalue weighted by atomic mass is 32.1. The predicted molar refractivity (Wildman–Crippen MR) is 93.6 cm³/mol. The Morgan fingerprint density at radius 2 is 2.04 bits per heavy atom. The molecule has 0 aliphatic carbocycles. The Balaban J connectivity index is 2.27. The Hall–Kier alpha value is -2.41. The molecule has 2 rings (SSSR count). The van der Waals surface area contributed by atoms with Crippen LogP contribution in [-0.2, 0) is 11.3 Å². The first-order valence-electron chi connectivity index (χ1n) is 7.28. The summed E-state index contributed by atoms with van der Waals surface area (Å²) >= 11 is 5.22. The maximum atomic E-state index is 12.1. The third-order valence-corrected chi connectivity index (χ3v) is 3.54. The third-order valence-electron chi connectivity index (χ3n) is 3.08. The lowest BCUT2D eigenvalue weighted by Gasteiger charge is -2.14. The summed E-state index contributed by atoms with van der Waals surface area (Å²) in [7, 11) is 3.64. The van der Waals surface area contributed by atoms with Crippen LogP contribution in [0.1, 0.15) is 22.8 Å². The van der Waals surface area contributed by atoms with Crippen LogP contribution in [0, 0.1) is 0 Å². The van der Waals surface area contributed by atoms with Crippen LogP contribution in [0.5, 0.6) is 0 Å². The zero-order valence-electron chi connectivity index (χ0n) is 13.4. The van der Waals surface area contributed by atoms with Gasteiger partial charge in [0.2, 0.25) is 0 Å². The molecule has 0 radical (unpaired) electrons. The lowest BCUT2D eigenvalue weighted by atomic mass is 10.2. The molecular formula is C16H20N4O2S. The van der Waals surface area contributed by atoms with Crippen LogP contribution in [0.15, 0.2) is 36.5 Å². The number of hydrogen-bond acceptors (Lipinski definition) is 4. The van der Waals surface area contributed by atoms with Crippen molar-refractivity contribution in [3.63, 3.8) is 0 Å². The molecule has 0 saturated carbocycles. The number of benzene rings is 1. The van der Waals surface area contributed by atoms with Crippen molar-refractivity contribution in [2.75, 3.05) is 26.0 Å². The van der Waals surface area contributed by atoms with Gasteiger partial charge in [0.05, 0.1) is 13.2 Å². The highest BCUT2D eigenvalue weighted by Gasteiger charge is 2.19. The molecule has 1 aromatic heterocycles. The molecule has 0 amide bonds. The van der Waals surface area contributed by atoms with E-state index in [4.69, 9.17) is 17.0 Å². The van der Waals surface area contributed by atoms with E-state index in [0.717, 1.165) is 5.56 Å². The molecule has 0 aliphatic heterocycles. The second-order valence-corrected chi connectivity index (χ2v) is 5.51. The number of anilines is 1. The number of hydrogen-bond donors (Lipinski definition) is 1. The number of carbonyl (C=O) groups is 1. The normalized spacial score (nSPS) is 10.2. The minimum atomic E-state index is -0.420. The molecule has 6 nitrogen and oxygen atoms in total. The fourth-order valence-electron chi connectivity index (χ4n) is 1.94. The van der Waals surface area contributed by atoms with E-state index in [9.17, 15) is 4.79 Å².